The van der Waals surface area contributed by atoms with Crippen molar-refractivity contribution in [3.8, 4) is 11.1 Å². The Morgan fingerprint density at radius 3 is 2.10 bits per heavy atom. The van der Waals surface area contributed by atoms with Crippen LogP contribution in [0.3, 0.4) is 0 Å². The zero-order valence-corrected chi connectivity index (χ0v) is 17.5. The molecule has 0 aliphatic carbocycles. The molecule has 4 aromatic rings. The second-order valence-electron chi connectivity index (χ2n) is 7.42. The van der Waals surface area contributed by atoms with E-state index >= 15 is 0 Å². The summed E-state index contributed by atoms with van der Waals surface area (Å²) in [6, 6.07) is 25.2. The Kier molecular flexibility index (Phi) is 5.76. The van der Waals surface area contributed by atoms with Gasteiger partial charge in [0.2, 0.25) is 11.8 Å². The van der Waals surface area contributed by atoms with Crippen LogP contribution in [0.1, 0.15) is 18.2 Å². The van der Waals surface area contributed by atoms with Gasteiger partial charge >= 0.3 is 0 Å². The Hall–Kier alpha value is -3.99. The Balaban J connectivity index is 1.66. The summed E-state index contributed by atoms with van der Waals surface area (Å²) in [4.78, 5) is 28.8. The van der Waals surface area contributed by atoms with Crippen LogP contribution in [0.15, 0.2) is 78.9 Å². The van der Waals surface area contributed by atoms with Crippen LogP contribution < -0.4 is 10.6 Å². The molecular weight excluding hydrogens is 386 g/mol. The first-order valence-electron chi connectivity index (χ1n) is 10.1. The number of benzene rings is 3. The zero-order chi connectivity index (χ0) is 21.8. The quantitative estimate of drug-likeness (QED) is 0.467. The van der Waals surface area contributed by atoms with Gasteiger partial charge in [-0.15, -0.1) is 0 Å². The number of carbonyl (C=O) groups excluding carboxylic acids is 2. The smallest absolute Gasteiger partial charge is 0.228 e. The summed E-state index contributed by atoms with van der Waals surface area (Å²) < 4.78 is 0. The topological polar surface area (TPSA) is 71.1 Å². The average Bonchev–Trinajstić information content (AvgIpc) is 2.76. The van der Waals surface area contributed by atoms with Crippen molar-refractivity contribution in [3.63, 3.8) is 0 Å². The third-order valence-corrected chi connectivity index (χ3v) is 5.09. The molecule has 0 saturated heterocycles. The lowest BCUT2D eigenvalue weighted by atomic mass is 9.92. The fraction of sp³-hybridized carbons (Fsp3) is 0.115. The van der Waals surface area contributed by atoms with E-state index in [0.717, 1.165) is 33.3 Å². The molecule has 3 aromatic carbocycles. The number of pyridine rings is 1. The minimum absolute atomic E-state index is 0.121. The summed E-state index contributed by atoms with van der Waals surface area (Å²) in [5.74, 6) is -0.255. The first kappa shape index (κ1) is 20.3. The molecule has 1 heterocycles. The highest BCUT2D eigenvalue weighted by Gasteiger charge is 2.17. The van der Waals surface area contributed by atoms with E-state index in [9.17, 15) is 9.59 Å². The van der Waals surface area contributed by atoms with Crippen LogP contribution >= 0.6 is 0 Å². The van der Waals surface area contributed by atoms with Gasteiger partial charge < -0.3 is 10.6 Å². The number of hydrogen-bond donors (Lipinski definition) is 2. The molecule has 0 fully saturated rings. The lowest BCUT2D eigenvalue weighted by Gasteiger charge is -2.16. The second-order valence-corrected chi connectivity index (χ2v) is 7.42. The van der Waals surface area contributed by atoms with Crippen LogP contribution in [0.4, 0.5) is 11.4 Å². The van der Waals surface area contributed by atoms with Crippen LogP contribution in [0.5, 0.6) is 0 Å². The molecule has 0 aliphatic rings. The van der Waals surface area contributed by atoms with E-state index < -0.39 is 0 Å². The normalized spacial score (nSPS) is 10.6. The lowest BCUT2D eigenvalue weighted by Crippen LogP contribution is -2.16. The predicted molar refractivity (Wildman–Crippen MR) is 125 cm³/mol. The fourth-order valence-electron chi connectivity index (χ4n) is 3.73. The molecule has 0 radical (unpaired) electrons. The minimum atomic E-state index is -0.135. The number of fused-ring (bicyclic) bond motifs is 1. The molecule has 0 atom stereocenters. The number of aryl methyl sites for hydroxylation is 1. The van der Waals surface area contributed by atoms with Gasteiger partial charge in [0.1, 0.15) is 0 Å². The minimum Gasteiger partial charge on any atom is -0.326 e. The lowest BCUT2D eigenvalue weighted by molar-refractivity contribution is -0.116. The molecule has 0 aliphatic heterocycles. The molecule has 0 spiro atoms. The highest BCUT2D eigenvalue weighted by Crippen LogP contribution is 2.33. The van der Waals surface area contributed by atoms with Crippen molar-refractivity contribution in [2.45, 2.75) is 20.3 Å². The van der Waals surface area contributed by atoms with Gasteiger partial charge in [-0.1, -0.05) is 48.5 Å². The molecule has 2 amide bonds. The number of aromatic nitrogens is 1. The largest absolute Gasteiger partial charge is 0.326 e. The molecule has 0 unspecified atom stereocenters. The summed E-state index contributed by atoms with van der Waals surface area (Å²) in [5.41, 5.74) is 6.13. The van der Waals surface area contributed by atoms with Crippen molar-refractivity contribution < 1.29 is 9.59 Å². The first-order chi connectivity index (χ1) is 15.0. The van der Waals surface area contributed by atoms with Gasteiger partial charge in [-0.05, 0) is 53.9 Å². The number of para-hydroxylation sites is 1. The summed E-state index contributed by atoms with van der Waals surface area (Å²) in [6.07, 6.45) is 0.210. The maximum atomic E-state index is 12.9. The zero-order valence-electron chi connectivity index (χ0n) is 17.5. The van der Waals surface area contributed by atoms with E-state index in [0.29, 0.717) is 11.4 Å². The van der Waals surface area contributed by atoms with Gasteiger partial charge in [0, 0.05) is 29.4 Å². The molecule has 31 heavy (non-hydrogen) atoms. The number of hydrogen-bond acceptors (Lipinski definition) is 3. The maximum Gasteiger partial charge on any atom is 0.228 e. The summed E-state index contributed by atoms with van der Waals surface area (Å²) in [6.45, 7) is 3.41. The molecular formula is C26H23N3O2. The number of carbonyl (C=O) groups is 2. The number of anilines is 2. The van der Waals surface area contributed by atoms with E-state index in [-0.39, 0.29) is 18.2 Å². The number of amides is 2. The molecule has 0 bridgehead atoms. The Morgan fingerprint density at radius 1 is 0.806 bits per heavy atom. The van der Waals surface area contributed by atoms with E-state index in [2.05, 4.69) is 22.8 Å². The van der Waals surface area contributed by atoms with Crippen LogP contribution in [-0.4, -0.2) is 16.8 Å². The van der Waals surface area contributed by atoms with E-state index in [4.69, 9.17) is 4.98 Å². The number of rotatable bonds is 5. The van der Waals surface area contributed by atoms with Crippen molar-refractivity contribution in [1.82, 2.24) is 4.98 Å². The monoisotopic (exact) mass is 409 g/mol. The van der Waals surface area contributed by atoms with Crippen LogP contribution in [-0.2, 0) is 16.0 Å². The maximum absolute atomic E-state index is 12.9. The average molecular weight is 409 g/mol. The van der Waals surface area contributed by atoms with Gasteiger partial charge in [0.05, 0.1) is 11.9 Å². The van der Waals surface area contributed by atoms with Crippen molar-refractivity contribution in [2.75, 3.05) is 10.6 Å². The van der Waals surface area contributed by atoms with E-state index in [1.807, 2.05) is 49.4 Å². The first-order valence-corrected chi connectivity index (χ1v) is 10.1. The van der Waals surface area contributed by atoms with Gasteiger partial charge in [-0.2, -0.15) is 0 Å². The fourth-order valence-corrected chi connectivity index (χ4v) is 3.73. The molecule has 5 nitrogen and oxygen atoms in total. The van der Waals surface area contributed by atoms with Crippen molar-refractivity contribution in [3.05, 3.63) is 90.1 Å². The van der Waals surface area contributed by atoms with Crippen molar-refractivity contribution >= 4 is 34.1 Å². The molecule has 154 valence electrons. The van der Waals surface area contributed by atoms with Crippen LogP contribution in [0, 0.1) is 6.92 Å². The van der Waals surface area contributed by atoms with Gasteiger partial charge in [-0.25, -0.2) is 0 Å². The van der Waals surface area contributed by atoms with Crippen LogP contribution in [0.2, 0.25) is 0 Å². The summed E-state index contributed by atoms with van der Waals surface area (Å²) >= 11 is 0. The van der Waals surface area contributed by atoms with Gasteiger partial charge in [0.25, 0.3) is 0 Å². The van der Waals surface area contributed by atoms with E-state index in [1.54, 1.807) is 24.3 Å². The molecule has 5 heteroatoms. The number of nitrogens with one attached hydrogen (secondary N) is 2. The van der Waals surface area contributed by atoms with E-state index in [1.165, 1.54) is 6.92 Å². The van der Waals surface area contributed by atoms with Crippen molar-refractivity contribution in [1.29, 1.82) is 0 Å². The Labute approximate surface area is 181 Å². The number of nitrogens with zero attached hydrogens (tertiary/aromatic N) is 1. The molecule has 2 N–H and O–H groups in total. The third kappa shape index (κ3) is 4.61. The third-order valence-electron chi connectivity index (χ3n) is 5.09. The highest BCUT2D eigenvalue weighted by atomic mass is 16.2. The second kappa shape index (κ2) is 8.79. The molecule has 1 aromatic heterocycles. The predicted octanol–water partition coefficient (Wildman–Crippen LogP) is 5.35. The Bertz CT molecular complexity index is 1250. The molecule has 0 saturated carbocycles. The van der Waals surface area contributed by atoms with Crippen molar-refractivity contribution in [2.24, 2.45) is 0 Å². The highest BCUT2D eigenvalue weighted by molar-refractivity contribution is 6.00. The standard InChI is InChI=1S/C26H23N3O2/c1-17-23(16-25(31)29-21-14-12-20(13-15-21)28-18(2)30)26(19-8-4-3-5-9-19)22-10-6-7-11-24(22)27-17/h3-15H,16H2,1-2H3,(H,28,30)(H,29,31). The van der Waals surface area contributed by atoms with Crippen LogP contribution in [0.25, 0.3) is 22.0 Å². The summed E-state index contributed by atoms with van der Waals surface area (Å²) in [7, 11) is 0. The molecule has 4 rings (SSSR count). The summed E-state index contributed by atoms with van der Waals surface area (Å²) in [5, 5.41) is 6.69. The Morgan fingerprint density at radius 2 is 1.42 bits per heavy atom. The SMILES string of the molecule is CC(=O)Nc1ccc(NC(=O)Cc2c(C)nc3ccccc3c2-c2ccccc2)cc1. The van der Waals surface area contributed by atoms with Gasteiger partial charge in [-0.3, -0.25) is 14.6 Å². The van der Waals surface area contributed by atoms with Gasteiger partial charge in [0.15, 0.2) is 0 Å².